The van der Waals surface area contributed by atoms with E-state index in [-0.39, 0.29) is 0 Å². The fraction of sp³-hybridized carbons (Fsp3) is 0.308. The van der Waals surface area contributed by atoms with Crippen LogP contribution in [0.3, 0.4) is 0 Å². The Kier molecular flexibility index (Phi) is 4.30. The molecule has 2 N–H and O–H groups in total. The van der Waals surface area contributed by atoms with Crippen molar-refractivity contribution in [2.75, 3.05) is 6.61 Å². The summed E-state index contributed by atoms with van der Waals surface area (Å²) in [6.07, 6.45) is 2.60. The van der Waals surface area contributed by atoms with E-state index in [4.69, 9.17) is 14.9 Å². The molecule has 0 amide bonds. The predicted molar refractivity (Wildman–Crippen MR) is 64.2 cm³/mol. The van der Waals surface area contributed by atoms with Crippen molar-refractivity contribution in [3.8, 4) is 0 Å². The fourth-order valence-corrected chi connectivity index (χ4v) is 1.51. The van der Waals surface area contributed by atoms with Crippen molar-refractivity contribution in [3.63, 3.8) is 0 Å². The molecule has 0 aliphatic carbocycles. The highest BCUT2D eigenvalue weighted by molar-refractivity contribution is 5.06. The van der Waals surface area contributed by atoms with Crippen molar-refractivity contribution < 1.29 is 9.15 Å². The van der Waals surface area contributed by atoms with Crippen molar-refractivity contribution in [1.29, 1.82) is 0 Å². The number of nitrogens with zero attached hydrogens (tertiary/aromatic N) is 1. The molecule has 90 valence electrons. The van der Waals surface area contributed by atoms with Gasteiger partial charge in [-0.1, -0.05) is 6.07 Å². The van der Waals surface area contributed by atoms with Crippen LogP contribution in [0.2, 0.25) is 0 Å². The molecule has 0 spiro atoms. The van der Waals surface area contributed by atoms with E-state index in [2.05, 4.69) is 4.98 Å². The summed E-state index contributed by atoms with van der Waals surface area (Å²) >= 11 is 0. The van der Waals surface area contributed by atoms with Gasteiger partial charge in [0.25, 0.3) is 0 Å². The van der Waals surface area contributed by atoms with E-state index in [1.807, 2.05) is 30.3 Å². The molecule has 0 fully saturated rings. The number of ether oxygens (including phenoxy) is 1. The molecular weight excluding hydrogens is 216 g/mol. The van der Waals surface area contributed by atoms with Crippen molar-refractivity contribution in [2.24, 2.45) is 5.73 Å². The minimum atomic E-state index is 0.425. The Bertz CT molecular complexity index is 440. The molecule has 0 radical (unpaired) electrons. The standard InChI is InChI=1S/C13H16N2O2/c14-9-12-4-5-13(17-12)10-16-8-6-11-3-1-2-7-15-11/h1-5,7H,6,8-10,14H2. The molecule has 0 aliphatic heterocycles. The quantitative estimate of drug-likeness (QED) is 0.773. The molecule has 0 aliphatic rings. The molecule has 0 saturated heterocycles. The Hall–Kier alpha value is -1.65. The summed E-state index contributed by atoms with van der Waals surface area (Å²) in [5.41, 5.74) is 6.49. The van der Waals surface area contributed by atoms with E-state index in [1.165, 1.54) is 0 Å². The van der Waals surface area contributed by atoms with Crippen molar-refractivity contribution in [3.05, 3.63) is 53.7 Å². The van der Waals surface area contributed by atoms with Gasteiger partial charge in [0.15, 0.2) is 0 Å². The Balaban J connectivity index is 1.69. The molecule has 2 heterocycles. The highest BCUT2D eigenvalue weighted by Crippen LogP contribution is 2.08. The van der Waals surface area contributed by atoms with Gasteiger partial charge in [0.1, 0.15) is 18.1 Å². The van der Waals surface area contributed by atoms with Gasteiger partial charge in [-0.25, -0.2) is 0 Å². The number of hydrogen-bond acceptors (Lipinski definition) is 4. The Morgan fingerprint density at radius 2 is 2.06 bits per heavy atom. The molecule has 17 heavy (non-hydrogen) atoms. The molecule has 2 aromatic heterocycles. The van der Waals surface area contributed by atoms with Crippen LogP contribution in [0.25, 0.3) is 0 Å². The third-order valence-corrected chi connectivity index (χ3v) is 2.39. The maximum atomic E-state index is 5.51. The zero-order valence-corrected chi connectivity index (χ0v) is 9.63. The molecule has 0 aromatic carbocycles. The molecule has 4 nitrogen and oxygen atoms in total. The normalized spacial score (nSPS) is 10.6. The summed E-state index contributed by atoms with van der Waals surface area (Å²) in [4.78, 5) is 4.22. The van der Waals surface area contributed by atoms with Crippen LogP contribution < -0.4 is 5.73 Å². The summed E-state index contributed by atoms with van der Waals surface area (Å²) in [5.74, 6) is 1.60. The Morgan fingerprint density at radius 3 is 2.76 bits per heavy atom. The molecule has 2 aromatic rings. The second kappa shape index (κ2) is 6.18. The summed E-state index contributed by atoms with van der Waals surface area (Å²) in [7, 11) is 0. The third-order valence-electron chi connectivity index (χ3n) is 2.39. The second-order valence-corrected chi connectivity index (χ2v) is 3.70. The van der Waals surface area contributed by atoms with Gasteiger partial charge in [0.2, 0.25) is 0 Å². The van der Waals surface area contributed by atoms with Gasteiger partial charge in [-0.05, 0) is 24.3 Å². The zero-order chi connectivity index (χ0) is 11.9. The Labute approximate surface area is 100 Å². The molecule has 4 heteroatoms. The molecule has 0 unspecified atom stereocenters. The van der Waals surface area contributed by atoms with Crippen LogP contribution in [0, 0.1) is 0 Å². The van der Waals surface area contributed by atoms with Gasteiger partial charge >= 0.3 is 0 Å². The van der Waals surface area contributed by atoms with Crippen LogP contribution in [-0.2, 0) is 24.3 Å². The first-order valence-electron chi connectivity index (χ1n) is 5.64. The summed E-state index contributed by atoms with van der Waals surface area (Å²) < 4.78 is 10.9. The largest absolute Gasteiger partial charge is 0.462 e. The fourth-order valence-electron chi connectivity index (χ4n) is 1.51. The van der Waals surface area contributed by atoms with Gasteiger partial charge in [-0.15, -0.1) is 0 Å². The van der Waals surface area contributed by atoms with Crippen LogP contribution in [-0.4, -0.2) is 11.6 Å². The van der Waals surface area contributed by atoms with Crippen LogP contribution in [0.1, 0.15) is 17.2 Å². The number of nitrogens with two attached hydrogens (primary N) is 1. The average molecular weight is 232 g/mol. The average Bonchev–Trinajstić information content (AvgIpc) is 2.84. The van der Waals surface area contributed by atoms with Crippen LogP contribution in [0.15, 0.2) is 40.9 Å². The lowest BCUT2D eigenvalue weighted by Crippen LogP contribution is -2.00. The van der Waals surface area contributed by atoms with Crippen molar-refractivity contribution in [1.82, 2.24) is 4.98 Å². The van der Waals surface area contributed by atoms with E-state index in [1.54, 1.807) is 6.20 Å². The lowest BCUT2D eigenvalue weighted by atomic mass is 10.3. The molecule has 0 saturated carbocycles. The summed E-state index contributed by atoms with van der Waals surface area (Å²) in [6.45, 7) is 1.54. The van der Waals surface area contributed by atoms with Crippen LogP contribution in [0.5, 0.6) is 0 Å². The van der Waals surface area contributed by atoms with Gasteiger partial charge in [-0.2, -0.15) is 0 Å². The maximum absolute atomic E-state index is 5.51. The lowest BCUT2D eigenvalue weighted by molar-refractivity contribution is 0.107. The van der Waals surface area contributed by atoms with Crippen LogP contribution >= 0.6 is 0 Å². The van der Waals surface area contributed by atoms with Gasteiger partial charge in [0, 0.05) is 18.3 Å². The molecule has 2 rings (SSSR count). The number of aromatic nitrogens is 1. The highest BCUT2D eigenvalue weighted by Gasteiger charge is 2.00. The first-order valence-corrected chi connectivity index (χ1v) is 5.64. The Morgan fingerprint density at radius 1 is 1.18 bits per heavy atom. The van der Waals surface area contributed by atoms with Crippen molar-refractivity contribution in [2.45, 2.75) is 19.6 Å². The van der Waals surface area contributed by atoms with Gasteiger partial charge in [0.05, 0.1) is 13.2 Å². The maximum Gasteiger partial charge on any atom is 0.129 e. The number of furan rings is 1. The number of hydrogen-bond donors (Lipinski definition) is 1. The van der Waals surface area contributed by atoms with E-state index in [0.717, 1.165) is 23.6 Å². The van der Waals surface area contributed by atoms with E-state index >= 15 is 0 Å². The van der Waals surface area contributed by atoms with Gasteiger partial charge in [-0.3, -0.25) is 4.98 Å². The van der Waals surface area contributed by atoms with Gasteiger partial charge < -0.3 is 14.9 Å². The summed E-state index contributed by atoms with van der Waals surface area (Å²) in [5, 5.41) is 0. The SMILES string of the molecule is NCc1ccc(COCCc2ccccn2)o1. The molecular formula is C13H16N2O2. The number of rotatable bonds is 6. The molecule has 0 atom stereocenters. The third kappa shape index (κ3) is 3.69. The topological polar surface area (TPSA) is 61.3 Å². The minimum absolute atomic E-state index is 0.425. The first kappa shape index (κ1) is 11.8. The van der Waals surface area contributed by atoms with E-state index in [0.29, 0.717) is 19.8 Å². The van der Waals surface area contributed by atoms with E-state index in [9.17, 15) is 0 Å². The smallest absolute Gasteiger partial charge is 0.129 e. The lowest BCUT2D eigenvalue weighted by Gasteiger charge is -2.01. The first-order chi connectivity index (χ1) is 8.38. The highest BCUT2D eigenvalue weighted by atomic mass is 16.5. The van der Waals surface area contributed by atoms with Crippen LogP contribution in [0.4, 0.5) is 0 Å². The number of pyridine rings is 1. The monoisotopic (exact) mass is 232 g/mol. The minimum Gasteiger partial charge on any atom is -0.462 e. The van der Waals surface area contributed by atoms with E-state index < -0.39 is 0 Å². The predicted octanol–water partition coefficient (Wildman–Crippen LogP) is 1.89. The van der Waals surface area contributed by atoms with Crippen molar-refractivity contribution >= 4 is 0 Å². The zero-order valence-electron chi connectivity index (χ0n) is 9.63. The second-order valence-electron chi connectivity index (χ2n) is 3.70. The summed E-state index contributed by atoms with van der Waals surface area (Å²) in [6, 6.07) is 9.63. The molecule has 0 bridgehead atoms.